The maximum atomic E-state index is 12.8. The number of nitrogens with zero attached hydrogens (tertiary/aromatic N) is 1. The van der Waals surface area contributed by atoms with Crippen LogP contribution in [-0.4, -0.2) is 21.8 Å². The number of carbonyl (C=O) groups excluding carboxylic acids is 2. The van der Waals surface area contributed by atoms with E-state index in [1.165, 1.54) is 42.4 Å². The van der Waals surface area contributed by atoms with Crippen molar-refractivity contribution in [3.05, 3.63) is 58.3 Å². The molecule has 0 radical (unpaired) electrons. The van der Waals surface area contributed by atoms with Crippen molar-refractivity contribution in [3.63, 3.8) is 0 Å². The van der Waals surface area contributed by atoms with Crippen LogP contribution in [0, 0.1) is 0 Å². The fourth-order valence-electron chi connectivity index (χ4n) is 3.98. The number of rotatable bonds is 5. The predicted molar refractivity (Wildman–Crippen MR) is 120 cm³/mol. The number of hydrogen-bond donors (Lipinski definition) is 3. The van der Waals surface area contributed by atoms with E-state index < -0.39 is 0 Å². The first kappa shape index (κ1) is 19.6. The van der Waals surface area contributed by atoms with Crippen molar-refractivity contribution < 1.29 is 14.0 Å². The highest BCUT2D eigenvalue weighted by atomic mass is 32.1. The third-order valence-electron chi connectivity index (χ3n) is 5.51. The topological polar surface area (TPSA) is 100 Å². The summed E-state index contributed by atoms with van der Waals surface area (Å²) < 4.78 is 5.73. The number of furan rings is 1. The number of aromatic amines is 1. The first-order valence-corrected chi connectivity index (χ1v) is 11.2. The van der Waals surface area contributed by atoms with Crippen molar-refractivity contribution in [1.82, 2.24) is 15.3 Å². The molecule has 158 valence electrons. The Morgan fingerprint density at radius 3 is 2.94 bits per heavy atom. The molecule has 5 rings (SSSR count). The number of aryl methyl sites for hydroxylation is 2. The van der Waals surface area contributed by atoms with Gasteiger partial charge >= 0.3 is 0 Å². The Kier molecular flexibility index (Phi) is 5.07. The number of amides is 2. The van der Waals surface area contributed by atoms with Crippen LogP contribution < -0.4 is 10.6 Å². The summed E-state index contributed by atoms with van der Waals surface area (Å²) in [6.07, 6.45) is 4.54. The van der Waals surface area contributed by atoms with E-state index in [2.05, 4.69) is 20.6 Å². The SMILES string of the molecule is CC(=O)NCc1ccc(-c2csc(NC(=O)c3ccc4[nH]c5c(c4c3)CCCC5)n2)o1. The summed E-state index contributed by atoms with van der Waals surface area (Å²) in [4.78, 5) is 31.8. The van der Waals surface area contributed by atoms with Gasteiger partial charge in [0, 0.05) is 34.5 Å². The van der Waals surface area contributed by atoms with Crippen LogP contribution >= 0.6 is 11.3 Å². The number of thiazole rings is 1. The summed E-state index contributed by atoms with van der Waals surface area (Å²) in [6, 6.07) is 9.40. The van der Waals surface area contributed by atoms with Crippen LogP contribution in [0.25, 0.3) is 22.4 Å². The Morgan fingerprint density at radius 2 is 2.06 bits per heavy atom. The van der Waals surface area contributed by atoms with Crippen LogP contribution in [0.4, 0.5) is 5.13 Å². The number of aromatic nitrogens is 2. The Labute approximate surface area is 182 Å². The minimum absolute atomic E-state index is 0.116. The molecule has 0 fully saturated rings. The Hall–Kier alpha value is -3.39. The van der Waals surface area contributed by atoms with Gasteiger partial charge in [-0.05, 0) is 61.6 Å². The molecule has 1 aliphatic rings. The highest BCUT2D eigenvalue weighted by molar-refractivity contribution is 7.14. The summed E-state index contributed by atoms with van der Waals surface area (Å²) >= 11 is 1.34. The van der Waals surface area contributed by atoms with Gasteiger partial charge in [-0.3, -0.25) is 14.9 Å². The van der Waals surface area contributed by atoms with Gasteiger partial charge in [-0.2, -0.15) is 0 Å². The summed E-state index contributed by atoms with van der Waals surface area (Å²) in [5.74, 6) is 0.943. The second-order valence-electron chi connectivity index (χ2n) is 7.72. The minimum Gasteiger partial charge on any atom is -0.458 e. The van der Waals surface area contributed by atoms with Gasteiger partial charge in [-0.1, -0.05) is 0 Å². The van der Waals surface area contributed by atoms with E-state index >= 15 is 0 Å². The predicted octanol–water partition coefficient (Wildman–Crippen LogP) is 4.65. The van der Waals surface area contributed by atoms with Crippen molar-refractivity contribution in [1.29, 1.82) is 0 Å². The van der Waals surface area contributed by atoms with Gasteiger partial charge in [0.1, 0.15) is 11.5 Å². The molecule has 0 atom stereocenters. The summed E-state index contributed by atoms with van der Waals surface area (Å²) in [5, 5.41) is 9.08. The maximum Gasteiger partial charge on any atom is 0.257 e. The van der Waals surface area contributed by atoms with E-state index in [1.807, 2.05) is 23.6 Å². The third kappa shape index (κ3) is 3.98. The van der Waals surface area contributed by atoms with Crippen LogP contribution in [0.5, 0.6) is 0 Å². The van der Waals surface area contributed by atoms with E-state index in [4.69, 9.17) is 4.42 Å². The zero-order valence-corrected chi connectivity index (χ0v) is 17.9. The zero-order valence-electron chi connectivity index (χ0n) is 17.1. The van der Waals surface area contributed by atoms with Crippen molar-refractivity contribution in [2.75, 3.05) is 5.32 Å². The summed E-state index contributed by atoms with van der Waals surface area (Å²) in [7, 11) is 0. The number of hydrogen-bond acceptors (Lipinski definition) is 5. The zero-order chi connectivity index (χ0) is 21.4. The van der Waals surface area contributed by atoms with Gasteiger partial charge in [-0.15, -0.1) is 11.3 Å². The highest BCUT2D eigenvalue weighted by Gasteiger charge is 2.18. The average Bonchev–Trinajstić information content (AvgIpc) is 3.49. The minimum atomic E-state index is -0.181. The monoisotopic (exact) mass is 434 g/mol. The second-order valence-corrected chi connectivity index (χ2v) is 8.58. The van der Waals surface area contributed by atoms with Gasteiger partial charge in [0.2, 0.25) is 5.91 Å². The van der Waals surface area contributed by atoms with Crippen molar-refractivity contribution >= 4 is 39.2 Å². The quantitative estimate of drug-likeness (QED) is 0.426. The van der Waals surface area contributed by atoms with E-state index in [0.29, 0.717) is 34.5 Å². The molecule has 3 N–H and O–H groups in total. The number of fused-ring (bicyclic) bond motifs is 3. The Balaban J connectivity index is 1.31. The number of H-pyrrole nitrogens is 1. The summed E-state index contributed by atoms with van der Waals surface area (Å²) in [6.45, 7) is 1.79. The van der Waals surface area contributed by atoms with Gasteiger partial charge in [0.25, 0.3) is 5.91 Å². The molecule has 3 aromatic heterocycles. The number of anilines is 1. The highest BCUT2D eigenvalue weighted by Crippen LogP contribution is 2.30. The molecule has 1 aliphatic carbocycles. The van der Waals surface area contributed by atoms with Gasteiger partial charge in [0.05, 0.1) is 6.54 Å². The average molecular weight is 435 g/mol. The van der Waals surface area contributed by atoms with E-state index in [1.54, 1.807) is 12.1 Å². The maximum absolute atomic E-state index is 12.8. The second kappa shape index (κ2) is 8.03. The van der Waals surface area contributed by atoms with Crippen LogP contribution in [0.3, 0.4) is 0 Å². The number of carbonyl (C=O) groups is 2. The van der Waals surface area contributed by atoms with Crippen LogP contribution in [0.1, 0.15) is 47.1 Å². The van der Waals surface area contributed by atoms with Gasteiger partial charge in [-0.25, -0.2) is 4.98 Å². The normalized spacial score (nSPS) is 13.2. The van der Waals surface area contributed by atoms with Crippen LogP contribution in [0.2, 0.25) is 0 Å². The largest absolute Gasteiger partial charge is 0.458 e. The Bertz CT molecular complexity index is 1280. The van der Waals surface area contributed by atoms with E-state index in [-0.39, 0.29) is 11.8 Å². The smallest absolute Gasteiger partial charge is 0.257 e. The molecule has 0 saturated heterocycles. The lowest BCUT2D eigenvalue weighted by atomic mass is 9.95. The lowest BCUT2D eigenvalue weighted by molar-refractivity contribution is -0.119. The Morgan fingerprint density at radius 1 is 1.19 bits per heavy atom. The molecule has 2 amide bonds. The molecule has 0 unspecified atom stereocenters. The fraction of sp³-hybridized carbons (Fsp3) is 0.261. The van der Waals surface area contributed by atoms with Gasteiger partial charge < -0.3 is 14.7 Å². The number of benzene rings is 1. The van der Waals surface area contributed by atoms with Crippen molar-refractivity contribution in [3.8, 4) is 11.5 Å². The molecular formula is C23H22N4O3S. The third-order valence-corrected chi connectivity index (χ3v) is 6.27. The fourth-order valence-corrected chi connectivity index (χ4v) is 4.68. The molecule has 7 nitrogen and oxygen atoms in total. The van der Waals surface area contributed by atoms with Crippen LogP contribution in [0.15, 0.2) is 40.1 Å². The molecule has 1 aromatic carbocycles. The van der Waals surface area contributed by atoms with E-state index in [0.717, 1.165) is 23.7 Å². The molecule has 8 heteroatoms. The lowest BCUT2D eigenvalue weighted by Crippen LogP contribution is -2.18. The first-order chi connectivity index (χ1) is 15.1. The molecule has 4 aromatic rings. The molecule has 0 aliphatic heterocycles. The van der Waals surface area contributed by atoms with Gasteiger partial charge in [0.15, 0.2) is 10.9 Å². The van der Waals surface area contributed by atoms with E-state index in [9.17, 15) is 9.59 Å². The first-order valence-electron chi connectivity index (χ1n) is 10.3. The lowest BCUT2D eigenvalue weighted by Gasteiger charge is -2.10. The molecule has 31 heavy (non-hydrogen) atoms. The van der Waals surface area contributed by atoms with Crippen LogP contribution in [-0.2, 0) is 24.2 Å². The number of nitrogens with one attached hydrogen (secondary N) is 3. The van der Waals surface area contributed by atoms with Crippen molar-refractivity contribution in [2.24, 2.45) is 0 Å². The molecule has 0 saturated carbocycles. The summed E-state index contributed by atoms with van der Waals surface area (Å²) in [5.41, 5.74) is 5.00. The molecular weight excluding hydrogens is 412 g/mol. The standard InChI is InChI=1S/C23H22N4O3S/c1-13(28)24-11-15-7-9-21(30-15)20-12-31-23(26-20)27-22(29)14-6-8-19-17(10-14)16-4-2-3-5-18(16)25-19/h6-10,12,25H,2-5,11H2,1H3,(H,24,28)(H,26,27,29). The molecule has 0 bridgehead atoms. The molecule has 3 heterocycles. The van der Waals surface area contributed by atoms with Crippen molar-refractivity contribution in [2.45, 2.75) is 39.2 Å². The molecule has 0 spiro atoms.